The van der Waals surface area contributed by atoms with Crippen LogP contribution in [0.5, 0.6) is 5.75 Å². The number of benzene rings is 1. The number of carbonyl (C=O) groups is 1. The summed E-state index contributed by atoms with van der Waals surface area (Å²) in [5, 5.41) is 9.09. The van der Waals surface area contributed by atoms with Gasteiger partial charge in [0.25, 0.3) is 0 Å². The van der Waals surface area contributed by atoms with E-state index in [0.29, 0.717) is 5.75 Å². The van der Waals surface area contributed by atoms with Crippen LogP contribution in [0.25, 0.3) is 0 Å². The van der Waals surface area contributed by atoms with Crippen LogP contribution in [0.4, 0.5) is 0 Å². The summed E-state index contributed by atoms with van der Waals surface area (Å²) in [6.45, 7) is 2.08. The van der Waals surface area contributed by atoms with Crippen LogP contribution in [0.15, 0.2) is 42.6 Å². The molecule has 0 amide bonds. The molecule has 0 bridgehead atoms. The van der Waals surface area contributed by atoms with E-state index in [2.05, 4.69) is 4.98 Å². The molecule has 1 aromatic heterocycles. The molecule has 1 N–H and O–H groups in total. The molecule has 0 aliphatic carbocycles. The molecular formula is C14H13NO3. The second-order valence-corrected chi connectivity index (χ2v) is 3.87. The van der Waals surface area contributed by atoms with Crippen molar-refractivity contribution in [2.24, 2.45) is 0 Å². The molecule has 0 unspecified atom stereocenters. The molecule has 0 saturated heterocycles. The third kappa shape index (κ3) is 2.66. The lowest BCUT2D eigenvalue weighted by molar-refractivity contribution is 0.0691. The second kappa shape index (κ2) is 5.31. The van der Waals surface area contributed by atoms with Gasteiger partial charge < -0.3 is 9.84 Å². The van der Waals surface area contributed by atoms with Gasteiger partial charge in [-0.3, -0.25) is 4.98 Å². The maximum atomic E-state index is 11.1. The number of hydrogen-bond acceptors (Lipinski definition) is 3. The highest BCUT2D eigenvalue weighted by Crippen LogP contribution is 2.24. The summed E-state index contributed by atoms with van der Waals surface area (Å²) in [5.74, 6) is -0.592. The standard InChI is InChI=1S/C14H13NO3/c1-10-5-4-7-12(14(16)17)13(10)18-9-11-6-2-3-8-15-11/h2-8H,9H2,1H3,(H,16,17). The first-order chi connectivity index (χ1) is 8.68. The fourth-order valence-electron chi connectivity index (χ4n) is 1.64. The van der Waals surface area contributed by atoms with Gasteiger partial charge in [-0.05, 0) is 30.7 Å². The average molecular weight is 243 g/mol. The topological polar surface area (TPSA) is 59.4 Å². The van der Waals surface area contributed by atoms with E-state index in [1.54, 1.807) is 12.3 Å². The predicted molar refractivity (Wildman–Crippen MR) is 66.7 cm³/mol. The summed E-state index contributed by atoms with van der Waals surface area (Å²) in [4.78, 5) is 15.2. The number of hydrogen-bond donors (Lipinski definition) is 1. The van der Waals surface area contributed by atoms with Crippen molar-refractivity contribution in [2.45, 2.75) is 13.5 Å². The van der Waals surface area contributed by atoms with E-state index in [1.165, 1.54) is 6.07 Å². The highest BCUT2D eigenvalue weighted by atomic mass is 16.5. The normalized spacial score (nSPS) is 10.1. The van der Waals surface area contributed by atoms with E-state index in [4.69, 9.17) is 9.84 Å². The first-order valence-electron chi connectivity index (χ1n) is 5.54. The molecule has 0 aliphatic rings. The summed E-state index contributed by atoms with van der Waals surface area (Å²) >= 11 is 0. The van der Waals surface area contributed by atoms with Crippen LogP contribution in [-0.2, 0) is 6.61 Å². The van der Waals surface area contributed by atoms with E-state index in [1.807, 2.05) is 31.2 Å². The number of aromatic nitrogens is 1. The summed E-state index contributed by atoms with van der Waals surface area (Å²) < 4.78 is 5.57. The Hall–Kier alpha value is -2.36. The summed E-state index contributed by atoms with van der Waals surface area (Å²) in [7, 11) is 0. The zero-order chi connectivity index (χ0) is 13.0. The number of nitrogens with zero attached hydrogens (tertiary/aromatic N) is 1. The van der Waals surface area contributed by atoms with E-state index >= 15 is 0 Å². The van der Waals surface area contributed by atoms with Crippen molar-refractivity contribution in [1.29, 1.82) is 0 Å². The molecule has 0 atom stereocenters. The monoisotopic (exact) mass is 243 g/mol. The van der Waals surface area contributed by atoms with Crippen LogP contribution in [-0.4, -0.2) is 16.1 Å². The molecule has 1 heterocycles. The van der Waals surface area contributed by atoms with Gasteiger partial charge in [-0.15, -0.1) is 0 Å². The summed E-state index contributed by atoms with van der Waals surface area (Å²) in [6.07, 6.45) is 1.68. The molecule has 92 valence electrons. The first-order valence-corrected chi connectivity index (χ1v) is 5.54. The molecule has 0 fully saturated rings. The van der Waals surface area contributed by atoms with Crippen molar-refractivity contribution < 1.29 is 14.6 Å². The van der Waals surface area contributed by atoms with Gasteiger partial charge in [-0.25, -0.2) is 4.79 Å². The number of ether oxygens (including phenoxy) is 1. The Balaban J connectivity index is 2.21. The Labute approximate surface area is 105 Å². The maximum Gasteiger partial charge on any atom is 0.339 e. The van der Waals surface area contributed by atoms with Crippen molar-refractivity contribution >= 4 is 5.97 Å². The number of aromatic carboxylic acids is 1. The number of rotatable bonds is 4. The molecule has 2 rings (SSSR count). The molecular weight excluding hydrogens is 230 g/mol. The van der Waals surface area contributed by atoms with Gasteiger partial charge >= 0.3 is 5.97 Å². The maximum absolute atomic E-state index is 11.1. The van der Waals surface area contributed by atoms with Gasteiger partial charge in [-0.2, -0.15) is 0 Å². The minimum absolute atomic E-state index is 0.172. The van der Waals surface area contributed by atoms with Gasteiger partial charge in [0.1, 0.15) is 17.9 Å². The Morgan fingerprint density at radius 2 is 2.11 bits per heavy atom. The number of pyridine rings is 1. The fraction of sp³-hybridized carbons (Fsp3) is 0.143. The number of carboxylic acid groups (broad SMARTS) is 1. The molecule has 2 aromatic rings. The third-order valence-electron chi connectivity index (χ3n) is 2.53. The zero-order valence-corrected chi connectivity index (χ0v) is 9.96. The lowest BCUT2D eigenvalue weighted by Gasteiger charge is -2.11. The molecule has 1 aromatic carbocycles. The number of aryl methyl sites for hydroxylation is 1. The van der Waals surface area contributed by atoms with Crippen LogP contribution in [0, 0.1) is 6.92 Å². The highest BCUT2D eigenvalue weighted by molar-refractivity contribution is 5.91. The predicted octanol–water partition coefficient (Wildman–Crippen LogP) is 2.67. The fourth-order valence-corrected chi connectivity index (χ4v) is 1.64. The van der Waals surface area contributed by atoms with Crippen LogP contribution < -0.4 is 4.74 Å². The SMILES string of the molecule is Cc1cccc(C(=O)O)c1OCc1ccccn1. The van der Waals surface area contributed by atoms with Crippen molar-refractivity contribution in [1.82, 2.24) is 4.98 Å². The minimum Gasteiger partial charge on any atom is -0.486 e. The van der Waals surface area contributed by atoms with E-state index in [0.717, 1.165) is 11.3 Å². The van der Waals surface area contributed by atoms with E-state index in [9.17, 15) is 4.79 Å². The van der Waals surface area contributed by atoms with Crippen molar-refractivity contribution in [2.75, 3.05) is 0 Å². The number of carboxylic acids is 1. The molecule has 18 heavy (non-hydrogen) atoms. The van der Waals surface area contributed by atoms with E-state index < -0.39 is 5.97 Å². The minimum atomic E-state index is -0.991. The Morgan fingerprint density at radius 3 is 2.78 bits per heavy atom. The average Bonchev–Trinajstić information content (AvgIpc) is 2.38. The summed E-state index contributed by atoms with van der Waals surface area (Å²) in [6, 6.07) is 10.6. The van der Waals surface area contributed by atoms with Crippen molar-refractivity contribution in [3.63, 3.8) is 0 Å². The first kappa shape index (κ1) is 12.1. The quantitative estimate of drug-likeness (QED) is 0.896. The second-order valence-electron chi connectivity index (χ2n) is 3.87. The molecule has 4 heteroatoms. The molecule has 0 saturated carbocycles. The van der Waals surface area contributed by atoms with Crippen LogP contribution in [0.2, 0.25) is 0 Å². The van der Waals surface area contributed by atoms with Crippen LogP contribution >= 0.6 is 0 Å². The molecule has 4 nitrogen and oxygen atoms in total. The van der Waals surface area contributed by atoms with Crippen LogP contribution in [0.3, 0.4) is 0 Å². The number of para-hydroxylation sites is 1. The largest absolute Gasteiger partial charge is 0.486 e. The third-order valence-corrected chi connectivity index (χ3v) is 2.53. The van der Waals surface area contributed by atoms with Gasteiger partial charge in [0, 0.05) is 6.20 Å². The van der Waals surface area contributed by atoms with Gasteiger partial charge in [0.05, 0.1) is 5.69 Å². The van der Waals surface area contributed by atoms with Crippen molar-refractivity contribution in [3.05, 3.63) is 59.4 Å². The molecule has 0 spiro atoms. The van der Waals surface area contributed by atoms with Gasteiger partial charge in [0.2, 0.25) is 0 Å². The van der Waals surface area contributed by atoms with Crippen LogP contribution in [0.1, 0.15) is 21.6 Å². The Kier molecular flexibility index (Phi) is 3.57. The Morgan fingerprint density at radius 1 is 1.28 bits per heavy atom. The highest BCUT2D eigenvalue weighted by Gasteiger charge is 2.13. The Bertz CT molecular complexity index is 552. The molecule has 0 radical (unpaired) electrons. The smallest absolute Gasteiger partial charge is 0.339 e. The zero-order valence-electron chi connectivity index (χ0n) is 9.96. The van der Waals surface area contributed by atoms with Crippen molar-refractivity contribution in [3.8, 4) is 5.75 Å². The molecule has 0 aliphatic heterocycles. The lowest BCUT2D eigenvalue weighted by atomic mass is 10.1. The summed E-state index contributed by atoms with van der Waals surface area (Å²) in [5.41, 5.74) is 1.73. The van der Waals surface area contributed by atoms with Gasteiger partial charge in [0.15, 0.2) is 0 Å². The van der Waals surface area contributed by atoms with E-state index in [-0.39, 0.29) is 12.2 Å². The lowest BCUT2D eigenvalue weighted by Crippen LogP contribution is -2.05. The van der Waals surface area contributed by atoms with Gasteiger partial charge in [-0.1, -0.05) is 18.2 Å².